The Morgan fingerprint density at radius 2 is 1.90 bits per heavy atom. The Kier molecular flexibility index (Phi) is 5.40. The molecule has 1 N–H and O–H groups in total. The van der Waals surface area contributed by atoms with E-state index in [1.54, 1.807) is 0 Å². The quantitative estimate of drug-likeness (QED) is 0.840. The number of para-hydroxylation sites is 2. The monoisotopic (exact) mass is 287 g/mol. The lowest BCUT2D eigenvalue weighted by molar-refractivity contribution is 0.293. The van der Waals surface area contributed by atoms with Crippen LogP contribution in [0, 0.1) is 11.8 Å². The van der Waals surface area contributed by atoms with Crippen LogP contribution in [0.3, 0.4) is 0 Å². The Morgan fingerprint density at radius 1 is 1.19 bits per heavy atom. The number of hydrogen-bond donors (Lipinski definition) is 1. The third-order valence-corrected chi connectivity index (χ3v) is 4.63. The van der Waals surface area contributed by atoms with Crippen LogP contribution in [0.5, 0.6) is 0 Å². The van der Waals surface area contributed by atoms with E-state index in [4.69, 9.17) is 4.98 Å². The number of imidazole rings is 1. The molecule has 3 nitrogen and oxygen atoms in total. The van der Waals surface area contributed by atoms with Crippen LogP contribution in [0.15, 0.2) is 24.3 Å². The zero-order valence-electron chi connectivity index (χ0n) is 14.1. The van der Waals surface area contributed by atoms with E-state index in [0.29, 0.717) is 17.9 Å². The molecule has 2 rings (SSSR count). The molecule has 1 aromatic heterocycles. The van der Waals surface area contributed by atoms with Crippen molar-refractivity contribution in [3.05, 3.63) is 30.1 Å². The summed E-state index contributed by atoms with van der Waals surface area (Å²) >= 11 is 0. The van der Waals surface area contributed by atoms with Gasteiger partial charge in [0.1, 0.15) is 5.82 Å². The number of benzene rings is 1. The maximum absolute atomic E-state index is 4.82. The number of nitrogens with zero attached hydrogens (tertiary/aromatic N) is 2. The molecule has 3 heteroatoms. The number of rotatable bonds is 7. The lowest BCUT2D eigenvalue weighted by atomic mass is 9.88. The zero-order valence-corrected chi connectivity index (χ0v) is 14.1. The predicted octanol–water partition coefficient (Wildman–Crippen LogP) is 3.78. The fraction of sp³-hybridized carbons (Fsp3) is 0.611. The Morgan fingerprint density at radius 3 is 2.52 bits per heavy atom. The highest BCUT2D eigenvalue weighted by Gasteiger charge is 2.22. The fourth-order valence-corrected chi connectivity index (χ4v) is 2.81. The van der Waals surface area contributed by atoms with E-state index in [9.17, 15) is 0 Å². The first-order chi connectivity index (χ1) is 10.0. The van der Waals surface area contributed by atoms with Crippen molar-refractivity contribution in [3.63, 3.8) is 0 Å². The summed E-state index contributed by atoms with van der Waals surface area (Å²) in [5, 5.41) is 3.72. The van der Waals surface area contributed by atoms with Gasteiger partial charge in [-0.1, -0.05) is 39.8 Å². The van der Waals surface area contributed by atoms with Gasteiger partial charge in [0.2, 0.25) is 0 Å². The summed E-state index contributed by atoms with van der Waals surface area (Å²) in [5.74, 6) is 2.49. The van der Waals surface area contributed by atoms with Crippen LogP contribution in [-0.2, 0) is 13.5 Å². The van der Waals surface area contributed by atoms with Gasteiger partial charge in [0.05, 0.1) is 11.0 Å². The van der Waals surface area contributed by atoms with Gasteiger partial charge in [-0.15, -0.1) is 0 Å². The molecule has 0 aliphatic rings. The van der Waals surface area contributed by atoms with Gasteiger partial charge in [-0.3, -0.25) is 0 Å². The van der Waals surface area contributed by atoms with Crippen molar-refractivity contribution in [2.24, 2.45) is 18.9 Å². The molecule has 0 radical (unpaired) electrons. The first-order valence-corrected chi connectivity index (χ1v) is 8.18. The SMILES string of the molecule is CCCNC(Cc1nc2ccccc2n1C)C(C)C(C)C. The number of aryl methyl sites for hydroxylation is 1. The number of fused-ring (bicyclic) bond motifs is 1. The second kappa shape index (κ2) is 7.08. The van der Waals surface area contributed by atoms with Crippen molar-refractivity contribution >= 4 is 11.0 Å². The van der Waals surface area contributed by atoms with E-state index in [-0.39, 0.29) is 0 Å². The predicted molar refractivity (Wildman–Crippen MR) is 90.5 cm³/mol. The van der Waals surface area contributed by atoms with Gasteiger partial charge in [-0.2, -0.15) is 0 Å². The molecular formula is C18H29N3. The molecule has 0 aliphatic carbocycles. The molecule has 0 bridgehead atoms. The van der Waals surface area contributed by atoms with E-state index < -0.39 is 0 Å². The van der Waals surface area contributed by atoms with E-state index in [1.807, 2.05) is 0 Å². The van der Waals surface area contributed by atoms with Gasteiger partial charge in [-0.25, -0.2) is 4.98 Å². The summed E-state index contributed by atoms with van der Waals surface area (Å²) in [4.78, 5) is 4.82. The normalized spacial score (nSPS) is 14.8. The molecule has 116 valence electrons. The fourth-order valence-electron chi connectivity index (χ4n) is 2.81. The van der Waals surface area contributed by atoms with Crippen LogP contribution in [0.25, 0.3) is 11.0 Å². The second-order valence-corrected chi connectivity index (χ2v) is 6.44. The van der Waals surface area contributed by atoms with Crippen LogP contribution < -0.4 is 5.32 Å². The molecule has 2 aromatic rings. The van der Waals surface area contributed by atoms with Gasteiger partial charge in [0, 0.05) is 19.5 Å². The summed E-state index contributed by atoms with van der Waals surface area (Å²) in [6, 6.07) is 8.87. The average Bonchev–Trinajstić information content (AvgIpc) is 2.79. The maximum Gasteiger partial charge on any atom is 0.111 e. The van der Waals surface area contributed by atoms with Crippen molar-refractivity contribution in [2.45, 2.75) is 46.6 Å². The van der Waals surface area contributed by atoms with Crippen molar-refractivity contribution < 1.29 is 0 Å². The molecular weight excluding hydrogens is 258 g/mol. The lowest BCUT2D eigenvalue weighted by Gasteiger charge is -2.28. The van der Waals surface area contributed by atoms with Gasteiger partial charge in [0.15, 0.2) is 0 Å². The lowest BCUT2D eigenvalue weighted by Crippen LogP contribution is -2.40. The molecule has 0 saturated heterocycles. The highest BCUT2D eigenvalue weighted by Crippen LogP contribution is 2.20. The average molecular weight is 287 g/mol. The first-order valence-electron chi connectivity index (χ1n) is 8.18. The first kappa shape index (κ1) is 16.0. The van der Waals surface area contributed by atoms with Gasteiger partial charge < -0.3 is 9.88 Å². The van der Waals surface area contributed by atoms with Crippen LogP contribution in [-0.4, -0.2) is 22.1 Å². The summed E-state index contributed by atoms with van der Waals surface area (Å²) in [6.07, 6.45) is 2.16. The molecule has 2 atom stereocenters. The largest absolute Gasteiger partial charge is 0.331 e. The minimum absolute atomic E-state index is 0.487. The van der Waals surface area contributed by atoms with Gasteiger partial charge in [-0.05, 0) is 36.9 Å². The molecule has 0 amide bonds. The van der Waals surface area contributed by atoms with Crippen molar-refractivity contribution in [1.29, 1.82) is 0 Å². The van der Waals surface area contributed by atoms with Crippen molar-refractivity contribution in [2.75, 3.05) is 6.54 Å². The zero-order chi connectivity index (χ0) is 15.4. The third-order valence-electron chi connectivity index (χ3n) is 4.63. The van der Waals surface area contributed by atoms with Crippen LogP contribution in [0.2, 0.25) is 0 Å². The van der Waals surface area contributed by atoms with E-state index in [2.05, 4.69) is 68.9 Å². The van der Waals surface area contributed by atoms with E-state index in [0.717, 1.165) is 18.5 Å². The second-order valence-electron chi connectivity index (χ2n) is 6.44. The number of nitrogens with one attached hydrogen (secondary N) is 1. The summed E-state index contributed by atoms with van der Waals surface area (Å²) in [5.41, 5.74) is 2.32. The molecule has 1 aromatic carbocycles. The van der Waals surface area contributed by atoms with Crippen LogP contribution in [0.4, 0.5) is 0 Å². The minimum Gasteiger partial charge on any atom is -0.331 e. The van der Waals surface area contributed by atoms with Crippen molar-refractivity contribution in [1.82, 2.24) is 14.9 Å². The summed E-state index contributed by atoms with van der Waals surface area (Å²) in [7, 11) is 2.13. The standard InChI is InChI=1S/C18H29N3/c1-6-11-19-16(14(4)13(2)3)12-18-20-15-9-7-8-10-17(15)21(18)5/h7-10,13-14,16,19H,6,11-12H2,1-5H3. The smallest absolute Gasteiger partial charge is 0.111 e. The highest BCUT2D eigenvalue weighted by molar-refractivity contribution is 5.75. The molecule has 2 unspecified atom stereocenters. The van der Waals surface area contributed by atoms with Gasteiger partial charge in [0.25, 0.3) is 0 Å². The Bertz CT molecular complexity index is 571. The number of aromatic nitrogens is 2. The van der Waals surface area contributed by atoms with E-state index in [1.165, 1.54) is 17.8 Å². The van der Waals surface area contributed by atoms with Crippen LogP contribution in [0.1, 0.15) is 39.9 Å². The van der Waals surface area contributed by atoms with Crippen molar-refractivity contribution in [3.8, 4) is 0 Å². The third kappa shape index (κ3) is 3.65. The topological polar surface area (TPSA) is 29.9 Å². The molecule has 0 spiro atoms. The molecule has 1 heterocycles. The highest BCUT2D eigenvalue weighted by atomic mass is 15.1. The molecule has 21 heavy (non-hydrogen) atoms. The Hall–Kier alpha value is -1.35. The summed E-state index contributed by atoms with van der Waals surface area (Å²) in [6.45, 7) is 10.3. The maximum atomic E-state index is 4.82. The molecule has 0 aliphatic heterocycles. The Labute approximate surface area is 128 Å². The molecule has 0 fully saturated rings. The van der Waals surface area contributed by atoms with E-state index >= 15 is 0 Å². The summed E-state index contributed by atoms with van der Waals surface area (Å²) < 4.78 is 2.24. The van der Waals surface area contributed by atoms with Crippen LogP contribution >= 0.6 is 0 Å². The van der Waals surface area contributed by atoms with Gasteiger partial charge >= 0.3 is 0 Å². The number of hydrogen-bond acceptors (Lipinski definition) is 2. The molecule has 0 saturated carbocycles. The minimum atomic E-state index is 0.487. The Balaban J connectivity index is 2.23.